The third kappa shape index (κ3) is 4.26. The van der Waals surface area contributed by atoms with Gasteiger partial charge in [0.1, 0.15) is 5.82 Å². The summed E-state index contributed by atoms with van der Waals surface area (Å²) in [6.45, 7) is 0. The fraction of sp³-hybridized carbons (Fsp3) is 0.0714. The van der Waals surface area contributed by atoms with Gasteiger partial charge >= 0.3 is 0 Å². The summed E-state index contributed by atoms with van der Waals surface area (Å²) in [6, 6.07) is 13.7. The molecule has 0 atom stereocenters. The summed E-state index contributed by atoms with van der Waals surface area (Å²) in [6.07, 6.45) is 0. The van der Waals surface area contributed by atoms with Crippen LogP contribution >= 0.6 is 23.4 Å². The van der Waals surface area contributed by atoms with Gasteiger partial charge in [-0.15, -0.1) is 11.8 Å². The highest BCUT2D eigenvalue weighted by molar-refractivity contribution is 8.00. The molecule has 0 bridgehead atoms. The maximum absolute atomic E-state index is 13.5. The highest BCUT2D eigenvalue weighted by atomic mass is 35.5. The average molecular weight is 296 g/mol. The lowest BCUT2D eigenvalue weighted by Gasteiger charge is -2.06. The monoisotopic (exact) mass is 295 g/mol. The van der Waals surface area contributed by atoms with E-state index in [1.165, 1.54) is 30.0 Å². The molecule has 2 aromatic rings. The molecule has 1 N–H and O–H groups in total. The van der Waals surface area contributed by atoms with Crippen molar-refractivity contribution in [3.63, 3.8) is 0 Å². The molecule has 0 saturated heterocycles. The van der Waals surface area contributed by atoms with Gasteiger partial charge in [-0.3, -0.25) is 4.79 Å². The number of thioether (sulfide) groups is 1. The van der Waals surface area contributed by atoms with Crippen LogP contribution in [0.2, 0.25) is 5.02 Å². The normalized spacial score (nSPS) is 10.2. The minimum absolute atomic E-state index is 0.142. The standard InChI is InChI=1S/C14H11ClFNOS/c15-10-6-7-13(12(16)8-10)17-14(18)9-19-11-4-2-1-3-5-11/h1-8H,9H2,(H,17,18). The predicted molar refractivity (Wildman–Crippen MR) is 77.2 cm³/mol. The van der Waals surface area contributed by atoms with Gasteiger partial charge in [0, 0.05) is 9.92 Å². The number of carbonyl (C=O) groups excluding carboxylic acids is 1. The van der Waals surface area contributed by atoms with Crippen LogP contribution in [-0.2, 0) is 4.79 Å². The van der Waals surface area contributed by atoms with E-state index in [4.69, 9.17) is 11.6 Å². The van der Waals surface area contributed by atoms with Crippen molar-refractivity contribution in [3.05, 3.63) is 59.4 Å². The third-order valence-electron chi connectivity index (χ3n) is 2.32. The van der Waals surface area contributed by atoms with E-state index in [0.717, 1.165) is 4.90 Å². The van der Waals surface area contributed by atoms with Gasteiger partial charge in [0.2, 0.25) is 5.91 Å². The summed E-state index contributed by atoms with van der Waals surface area (Å²) in [7, 11) is 0. The quantitative estimate of drug-likeness (QED) is 0.856. The van der Waals surface area contributed by atoms with Crippen LogP contribution in [-0.4, -0.2) is 11.7 Å². The van der Waals surface area contributed by atoms with Crippen LogP contribution in [0.5, 0.6) is 0 Å². The molecule has 0 spiro atoms. The van der Waals surface area contributed by atoms with Gasteiger partial charge in [0.05, 0.1) is 11.4 Å². The van der Waals surface area contributed by atoms with Crippen molar-refractivity contribution in [2.24, 2.45) is 0 Å². The third-order valence-corrected chi connectivity index (χ3v) is 3.57. The molecule has 2 nitrogen and oxygen atoms in total. The van der Waals surface area contributed by atoms with Gasteiger partial charge in [0.25, 0.3) is 0 Å². The Kier molecular flexibility index (Phi) is 4.82. The lowest BCUT2D eigenvalue weighted by molar-refractivity contribution is -0.113. The highest BCUT2D eigenvalue weighted by Crippen LogP contribution is 2.20. The first-order valence-corrected chi connectivity index (χ1v) is 6.94. The molecule has 0 fully saturated rings. The lowest BCUT2D eigenvalue weighted by atomic mass is 10.3. The Bertz CT molecular complexity index is 577. The number of amides is 1. The van der Waals surface area contributed by atoms with Crippen molar-refractivity contribution in [2.45, 2.75) is 4.90 Å². The van der Waals surface area contributed by atoms with Crippen molar-refractivity contribution in [1.82, 2.24) is 0 Å². The minimum atomic E-state index is -0.537. The number of hydrogen-bond acceptors (Lipinski definition) is 2. The Morgan fingerprint density at radius 3 is 2.63 bits per heavy atom. The molecule has 5 heteroatoms. The van der Waals surface area contributed by atoms with Gasteiger partial charge in [-0.2, -0.15) is 0 Å². The Morgan fingerprint density at radius 2 is 1.95 bits per heavy atom. The molecule has 0 aliphatic rings. The summed E-state index contributed by atoms with van der Waals surface area (Å²) < 4.78 is 13.5. The Balaban J connectivity index is 1.91. The van der Waals surface area contributed by atoms with E-state index >= 15 is 0 Å². The topological polar surface area (TPSA) is 29.1 Å². The number of anilines is 1. The van der Waals surface area contributed by atoms with Gasteiger partial charge in [-0.1, -0.05) is 29.8 Å². The molecule has 1 amide bonds. The second-order valence-corrected chi connectivity index (χ2v) is 5.26. The van der Waals surface area contributed by atoms with Gasteiger partial charge < -0.3 is 5.32 Å². The number of nitrogens with one attached hydrogen (secondary N) is 1. The lowest BCUT2D eigenvalue weighted by Crippen LogP contribution is -2.14. The first-order valence-electron chi connectivity index (χ1n) is 5.58. The zero-order valence-corrected chi connectivity index (χ0v) is 11.5. The first kappa shape index (κ1) is 13.9. The van der Waals surface area contributed by atoms with Crippen LogP contribution in [0.3, 0.4) is 0 Å². The number of halogens is 2. The van der Waals surface area contributed by atoms with Crippen LogP contribution in [0.4, 0.5) is 10.1 Å². The number of rotatable bonds is 4. The first-order chi connectivity index (χ1) is 9.15. The van der Waals surface area contributed by atoms with Crippen molar-refractivity contribution in [1.29, 1.82) is 0 Å². The molecule has 2 rings (SSSR count). The largest absolute Gasteiger partial charge is 0.323 e. The minimum Gasteiger partial charge on any atom is -0.323 e. The molecule has 2 aromatic carbocycles. The van der Waals surface area contributed by atoms with E-state index in [2.05, 4.69) is 5.32 Å². The Morgan fingerprint density at radius 1 is 1.21 bits per heavy atom. The fourth-order valence-corrected chi connectivity index (χ4v) is 2.32. The molecule has 98 valence electrons. The van der Waals surface area contributed by atoms with Crippen molar-refractivity contribution in [3.8, 4) is 0 Å². The summed E-state index contributed by atoms with van der Waals surface area (Å²) in [5.41, 5.74) is 0.142. The number of hydrogen-bond donors (Lipinski definition) is 1. The van der Waals surface area contributed by atoms with E-state index < -0.39 is 5.82 Å². The molecule has 0 aliphatic carbocycles. The van der Waals surface area contributed by atoms with Gasteiger partial charge in [0.15, 0.2) is 0 Å². The molecule has 0 aromatic heterocycles. The average Bonchev–Trinajstić information content (AvgIpc) is 2.41. The second-order valence-electron chi connectivity index (χ2n) is 3.77. The van der Waals surface area contributed by atoms with Crippen LogP contribution < -0.4 is 5.32 Å². The maximum atomic E-state index is 13.5. The molecular weight excluding hydrogens is 285 g/mol. The predicted octanol–water partition coefficient (Wildman–Crippen LogP) is 4.21. The summed E-state index contributed by atoms with van der Waals surface area (Å²) >= 11 is 7.03. The van der Waals surface area contributed by atoms with E-state index in [-0.39, 0.29) is 17.3 Å². The van der Waals surface area contributed by atoms with Crippen LogP contribution in [0.25, 0.3) is 0 Å². The van der Waals surface area contributed by atoms with Crippen molar-refractivity contribution >= 4 is 35.0 Å². The second kappa shape index (κ2) is 6.59. The summed E-state index contributed by atoms with van der Waals surface area (Å²) in [4.78, 5) is 12.7. The molecule has 19 heavy (non-hydrogen) atoms. The van der Waals surface area contributed by atoms with Crippen LogP contribution in [0.15, 0.2) is 53.4 Å². The fourth-order valence-electron chi connectivity index (χ4n) is 1.44. The van der Waals surface area contributed by atoms with E-state index in [1.807, 2.05) is 30.3 Å². The highest BCUT2D eigenvalue weighted by Gasteiger charge is 2.07. The zero-order valence-electron chi connectivity index (χ0n) is 9.90. The molecule has 0 heterocycles. The smallest absolute Gasteiger partial charge is 0.234 e. The van der Waals surface area contributed by atoms with E-state index in [0.29, 0.717) is 5.02 Å². The SMILES string of the molecule is O=C(CSc1ccccc1)Nc1ccc(Cl)cc1F. The molecule has 0 radical (unpaired) electrons. The summed E-state index contributed by atoms with van der Waals surface area (Å²) in [5.74, 6) is -0.563. The van der Waals surface area contributed by atoms with Gasteiger partial charge in [-0.25, -0.2) is 4.39 Å². The number of carbonyl (C=O) groups is 1. The zero-order chi connectivity index (χ0) is 13.7. The van der Waals surface area contributed by atoms with Crippen molar-refractivity contribution < 1.29 is 9.18 Å². The summed E-state index contributed by atoms with van der Waals surface area (Å²) in [5, 5.41) is 2.81. The van der Waals surface area contributed by atoms with Gasteiger partial charge in [-0.05, 0) is 30.3 Å². The van der Waals surface area contributed by atoms with Crippen LogP contribution in [0.1, 0.15) is 0 Å². The maximum Gasteiger partial charge on any atom is 0.234 e. The molecule has 0 unspecified atom stereocenters. The number of benzene rings is 2. The molecule has 0 saturated carbocycles. The van der Waals surface area contributed by atoms with E-state index in [9.17, 15) is 9.18 Å². The molecular formula is C14H11ClFNOS. The van der Waals surface area contributed by atoms with Crippen LogP contribution in [0, 0.1) is 5.82 Å². The Labute approximate surface area is 120 Å². The molecule has 0 aliphatic heterocycles. The Hall–Kier alpha value is -1.52. The van der Waals surface area contributed by atoms with Crippen molar-refractivity contribution in [2.75, 3.05) is 11.1 Å². The van der Waals surface area contributed by atoms with E-state index in [1.54, 1.807) is 0 Å².